The number of hydrogen-bond acceptors (Lipinski definition) is 7. The lowest BCUT2D eigenvalue weighted by atomic mass is 10.1. The van der Waals surface area contributed by atoms with Crippen molar-refractivity contribution in [2.45, 2.75) is 10.1 Å². The van der Waals surface area contributed by atoms with Crippen LogP contribution in [0.25, 0.3) is 6.08 Å². The highest BCUT2D eigenvalue weighted by atomic mass is 35.5. The van der Waals surface area contributed by atoms with Crippen LogP contribution in [0.15, 0.2) is 132 Å². The molecule has 0 aliphatic carbocycles. The summed E-state index contributed by atoms with van der Waals surface area (Å²) in [7, 11) is 3.02. The monoisotopic (exact) mass is 721 g/mol. The Morgan fingerprint density at radius 1 is 0.765 bits per heavy atom. The van der Waals surface area contributed by atoms with Crippen molar-refractivity contribution in [3.63, 3.8) is 0 Å². The second-order valence-corrected chi connectivity index (χ2v) is 12.4. The van der Waals surface area contributed by atoms with E-state index in [9.17, 15) is 24.3 Å². The van der Waals surface area contributed by atoms with Crippen molar-refractivity contribution in [3.05, 3.63) is 154 Å². The van der Waals surface area contributed by atoms with Gasteiger partial charge in [-0.2, -0.15) is 0 Å². The lowest BCUT2D eigenvalue weighted by molar-refractivity contribution is -0.116. The zero-order valence-electron chi connectivity index (χ0n) is 27.4. The summed E-state index contributed by atoms with van der Waals surface area (Å²) < 4.78 is 10.8. The Kier molecular flexibility index (Phi) is 12.1. The summed E-state index contributed by atoms with van der Waals surface area (Å²) >= 11 is 7.28. The molecule has 10 nitrogen and oxygen atoms in total. The van der Waals surface area contributed by atoms with Crippen LogP contribution in [0.3, 0.4) is 0 Å². The highest BCUT2D eigenvalue weighted by Gasteiger charge is 2.23. The Morgan fingerprint density at radius 3 is 2.08 bits per heavy atom. The van der Waals surface area contributed by atoms with E-state index in [4.69, 9.17) is 21.1 Å². The molecule has 5 rings (SSSR count). The molecule has 0 aliphatic heterocycles. The average molecular weight is 722 g/mol. The van der Waals surface area contributed by atoms with Crippen molar-refractivity contribution in [3.8, 4) is 11.5 Å². The minimum Gasteiger partial charge on any atom is -0.497 e. The van der Waals surface area contributed by atoms with Crippen LogP contribution < -0.4 is 25.4 Å². The summed E-state index contributed by atoms with van der Waals surface area (Å²) in [5.74, 6) is -1.64. The Labute approximate surface area is 303 Å². The third kappa shape index (κ3) is 9.56. The number of anilines is 2. The first kappa shape index (κ1) is 36.2. The molecule has 1 atom stereocenters. The summed E-state index contributed by atoms with van der Waals surface area (Å²) in [4.78, 5) is 52.6. The second kappa shape index (κ2) is 17.1. The van der Waals surface area contributed by atoms with E-state index in [1.807, 2.05) is 30.3 Å². The molecule has 3 amide bonds. The number of carboxylic acids is 1. The number of thioether (sulfide) groups is 1. The summed E-state index contributed by atoms with van der Waals surface area (Å²) in [6.45, 7) is 0. The number of amides is 3. The number of methoxy groups -OCH3 is 2. The lowest BCUT2D eigenvalue weighted by Crippen LogP contribution is -2.30. The van der Waals surface area contributed by atoms with Gasteiger partial charge in [-0.25, -0.2) is 4.79 Å². The molecule has 51 heavy (non-hydrogen) atoms. The zero-order chi connectivity index (χ0) is 36.3. The molecule has 0 heterocycles. The number of rotatable bonds is 13. The van der Waals surface area contributed by atoms with Gasteiger partial charge in [0, 0.05) is 33.5 Å². The predicted molar refractivity (Wildman–Crippen MR) is 199 cm³/mol. The van der Waals surface area contributed by atoms with Gasteiger partial charge in [-0.1, -0.05) is 60.1 Å². The van der Waals surface area contributed by atoms with Gasteiger partial charge in [0.1, 0.15) is 22.4 Å². The fraction of sp³-hybridized carbons (Fsp3) is 0.0769. The normalized spacial score (nSPS) is 11.5. The van der Waals surface area contributed by atoms with E-state index in [2.05, 4.69) is 16.0 Å². The maximum atomic E-state index is 13.6. The van der Waals surface area contributed by atoms with Crippen LogP contribution in [0, 0.1) is 0 Å². The van der Waals surface area contributed by atoms with Crippen molar-refractivity contribution in [2.75, 3.05) is 24.9 Å². The highest BCUT2D eigenvalue weighted by Crippen LogP contribution is 2.37. The van der Waals surface area contributed by atoms with Gasteiger partial charge >= 0.3 is 5.97 Å². The van der Waals surface area contributed by atoms with Crippen molar-refractivity contribution in [1.29, 1.82) is 0 Å². The van der Waals surface area contributed by atoms with E-state index in [-0.39, 0.29) is 27.9 Å². The van der Waals surface area contributed by atoms with Crippen LogP contribution in [0.2, 0.25) is 5.02 Å². The Hall–Kier alpha value is -6.04. The largest absolute Gasteiger partial charge is 0.497 e. The minimum absolute atomic E-state index is 0.0279. The Bertz CT molecular complexity index is 2070. The Morgan fingerprint density at radius 2 is 1.43 bits per heavy atom. The number of hydrogen-bond donors (Lipinski definition) is 4. The molecule has 0 aromatic heterocycles. The summed E-state index contributed by atoms with van der Waals surface area (Å²) in [5.41, 5.74) is 2.20. The molecule has 258 valence electrons. The summed E-state index contributed by atoms with van der Waals surface area (Å²) in [6, 6.07) is 33.9. The number of halogens is 1. The molecule has 0 radical (unpaired) electrons. The van der Waals surface area contributed by atoms with Gasteiger partial charge in [0.05, 0.1) is 24.8 Å². The molecule has 0 bridgehead atoms. The maximum absolute atomic E-state index is 13.6. The van der Waals surface area contributed by atoms with Crippen LogP contribution in [0.4, 0.5) is 11.4 Å². The van der Waals surface area contributed by atoms with Crippen LogP contribution in [-0.2, 0) is 9.59 Å². The third-order valence-electron chi connectivity index (χ3n) is 7.44. The molecule has 0 saturated heterocycles. The number of ether oxygens (including phenoxy) is 2. The number of carbonyl (C=O) groups is 4. The van der Waals surface area contributed by atoms with Gasteiger partial charge < -0.3 is 30.5 Å². The fourth-order valence-electron chi connectivity index (χ4n) is 4.86. The van der Waals surface area contributed by atoms with Crippen LogP contribution in [0.1, 0.15) is 37.1 Å². The van der Waals surface area contributed by atoms with Gasteiger partial charge in [-0.05, 0) is 78.4 Å². The molecule has 0 aliphatic rings. The molecule has 5 aromatic carbocycles. The summed E-state index contributed by atoms with van der Waals surface area (Å²) in [5, 5.41) is 17.1. The van der Waals surface area contributed by atoms with Crippen LogP contribution >= 0.6 is 23.4 Å². The molecule has 0 fully saturated rings. The molecule has 0 spiro atoms. The Balaban J connectivity index is 1.36. The fourth-order valence-corrected chi connectivity index (χ4v) is 6.09. The van der Waals surface area contributed by atoms with Crippen LogP contribution in [-0.4, -0.2) is 43.0 Å². The first-order valence-electron chi connectivity index (χ1n) is 15.4. The second-order valence-electron chi connectivity index (χ2n) is 10.9. The van der Waals surface area contributed by atoms with Gasteiger partial charge in [-0.3, -0.25) is 14.4 Å². The third-order valence-corrected chi connectivity index (χ3v) is 9.04. The van der Waals surface area contributed by atoms with Crippen LogP contribution in [0.5, 0.6) is 11.5 Å². The molecular formula is C39H32ClN3O7S. The van der Waals surface area contributed by atoms with E-state index in [1.54, 1.807) is 72.8 Å². The quantitative estimate of drug-likeness (QED) is 0.0709. The molecule has 0 saturated carbocycles. The van der Waals surface area contributed by atoms with Gasteiger partial charge in [0.15, 0.2) is 0 Å². The molecular weight excluding hydrogens is 690 g/mol. The van der Waals surface area contributed by atoms with Gasteiger partial charge in [-0.15, -0.1) is 11.8 Å². The van der Waals surface area contributed by atoms with E-state index >= 15 is 0 Å². The van der Waals surface area contributed by atoms with Gasteiger partial charge in [0.2, 0.25) is 5.91 Å². The van der Waals surface area contributed by atoms with Gasteiger partial charge in [0.25, 0.3) is 11.8 Å². The first-order chi connectivity index (χ1) is 24.6. The average Bonchev–Trinajstić information content (AvgIpc) is 3.15. The number of benzene rings is 5. The molecule has 5 aromatic rings. The topological polar surface area (TPSA) is 143 Å². The smallest absolute Gasteiger partial charge is 0.337 e. The number of carboxylic acid groups (broad SMARTS) is 1. The van der Waals surface area contributed by atoms with E-state index in [0.29, 0.717) is 28.3 Å². The van der Waals surface area contributed by atoms with E-state index in [0.717, 1.165) is 10.5 Å². The number of aromatic carboxylic acids is 1. The number of nitrogens with one attached hydrogen (secondary N) is 3. The standard InChI is InChI=1S/C39H32ClN3O7S/c1-49-29-17-13-26(34(23-29)50-2)21-33(43-36(44)25-11-7-4-8-12-25)37(45)41-27-14-18-30(19-15-27)51-35(24-9-5-3-6-10-24)38(46)42-28-16-20-32(40)31(22-28)39(47)48/h3-23,35H,1-2H3,(H,41,45)(H,42,46)(H,43,44)(H,47,48)/b33-21-. The van der Waals surface area contributed by atoms with E-state index in [1.165, 1.54) is 50.3 Å². The SMILES string of the molecule is COc1ccc(/C=C(\NC(=O)c2ccccc2)C(=O)Nc2ccc(SC(C(=O)Nc3ccc(Cl)c(C(=O)O)c3)c3ccccc3)cc2)c(OC)c1. The van der Waals surface area contributed by atoms with Crippen molar-refractivity contribution >= 4 is 64.5 Å². The van der Waals surface area contributed by atoms with Crippen molar-refractivity contribution < 1.29 is 33.8 Å². The first-order valence-corrected chi connectivity index (χ1v) is 16.7. The minimum atomic E-state index is -1.21. The predicted octanol–water partition coefficient (Wildman–Crippen LogP) is 7.94. The molecule has 4 N–H and O–H groups in total. The molecule has 12 heteroatoms. The lowest BCUT2D eigenvalue weighted by Gasteiger charge is -2.18. The maximum Gasteiger partial charge on any atom is 0.337 e. The zero-order valence-corrected chi connectivity index (χ0v) is 29.0. The molecule has 1 unspecified atom stereocenters. The number of carbonyl (C=O) groups excluding carboxylic acids is 3. The highest BCUT2D eigenvalue weighted by molar-refractivity contribution is 8.00. The van der Waals surface area contributed by atoms with Crippen molar-refractivity contribution in [1.82, 2.24) is 5.32 Å². The van der Waals surface area contributed by atoms with E-state index < -0.39 is 23.0 Å². The van der Waals surface area contributed by atoms with Crippen molar-refractivity contribution in [2.24, 2.45) is 0 Å². The summed E-state index contributed by atoms with van der Waals surface area (Å²) in [6.07, 6.45) is 1.52.